The van der Waals surface area contributed by atoms with Crippen molar-refractivity contribution in [1.29, 1.82) is 0 Å². The number of rotatable bonds is 7. The molecule has 1 aliphatic carbocycles. The summed E-state index contributed by atoms with van der Waals surface area (Å²) in [5.74, 6) is 2.43. The van der Waals surface area contributed by atoms with E-state index in [1.54, 1.807) is 0 Å². The summed E-state index contributed by atoms with van der Waals surface area (Å²) >= 11 is 1.83. The van der Waals surface area contributed by atoms with Crippen LogP contribution in [0.1, 0.15) is 39.0 Å². The van der Waals surface area contributed by atoms with Gasteiger partial charge < -0.3 is 5.73 Å². The average molecular weight is 293 g/mol. The maximum Gasteiger partial charge on any atom is 0.148 e. The molecule has 0 bridgehead atoms. The summed E-state index contributed by atoms with van der Waals surface area (Å²) in [6, 6.07) is 0. The Morgan fingerprint density at radius 3 is 2.61 bits per heavy atom. The Morgan fingerprint density at radius 2 is 2.06 bits per heavy atom. The third kappa shape index (κ3) is 5.93. The molecule has 0 radical (unpaired) electrons. The van der Waals surface area contributed by atoms with Gasteiger partial charge in [0.05, 0.1) is 5.75 Å². The SMILES string of the molecule is CCCC1CCC(CN)C(SCCS(C)(=O)=O)C1. The molecule has 1 fully saturated rings. The van der Waals surface area contributed by atoms with E-state index in [0.29, 0.717) is 16.9 Å². The molecule has 0 aliphatic heterocycles. The molecule has 0 saturated heterocycles. The van der Waals surface area contributed by atoms with Crippen molar-refractivity contribution in [3.05, 3.63) is 0 Å². The summed E-state index contributed by atoms with van der Waals surface area (Å²) in [6.07, 6.45) is 7.62. The van der Waals surface area contributed by atoms with Crippen molar-refractivity contribution in [3.8, 4) is 0 Å². The van der Waals surface area contributed by atoms with Crippen LogP contribution in [0.25, 0.3) is 0 Å². The van der Waals surface area contributed by atoms with Crippen LogP contribution in [0.4, 0.5) is 0 Å². The fourth-order valence-corrected chi connectivity index (χ4v) is 5.60. The molecular weight excluding hydrogens is 266 g/mol. The quantitative estimate of drug-likeness (QED) is 0.782. The molecule has 3 unspecified atom stereocenters. The number of hydrogen-bond donors (Lipinski definition) is 1. The highest BCUT2D eigenvalue weighted by atomic mass is 32.2. The lowest BCUT2D eigenvalue weighted by molar-refractivity contribution is 0.276. The molecule has 2 N–H and O–H groups in total. The van der Waals surface area contributed by atoms with Crippen LogP contribution in [0.2, 0.25) is 0 Å². The van der Waals surface area contributed by atoms with E-state index in [0.717, 1.165) is 18.2 Å². The molecule has 108 valence electrons. The van der Waals surface area contributed by atoms with E-state index in [4.69, 9.17) is 5.73 Å². The van der Waals surface area contributed by atoms with Crippen molar-refractivity contribution < 1.29 is 8.42 Å². The molecule has 0 heterocycles. The highest BCUT2D eigenvalue weighted by Gasteiger charge is 2.29. The van der Waals surface area contributed by atoms with Gasteiger partial charge in [-0.1, -0.05) is 26.2 Å². The second-order valence-electron chi connectivity index (χ2n) is 5.50. The minimum absolute atomic E-state index is 0.296. The summed E-state index contributed by atoms with van der Waals surface area (Å²) in [4.78, 5) is 0. The standard InChI is InChI=1S/C13H27NO2S2/c1-3-4-11-5-6-12(10-14)13(9-11)17-7-8-18(2,15)16/h11-13H,3-10,14H2,1-2H3. The lowest BCUT2D eigenvalue weighted by Gasteiger charge is -2.35. The molecule has 18 heavy (non-hydrogen) atoms. The van der Waals surface area contributed by atoms with Crippen molar-refractivity contribution >= 4 is 21.6 Å². The van der Waals surface area contributed by atoms with E-state index < -0.39 is 9.84 Å². The molecule has 0 spiro atoms. The minimum Gasteiger partial charge on any atom is -0.330 e. The van der Waals surface area contributed by atoms with Gasteiger partial charge in [0.1, 0.15) is 9.84 Å². The lowest BCUT2D eigenvalue weighted by Crippen LogP contribution is -2.33. The van der Waals surface area contributed by atoms with Gasteiger partial charge in [-0.05, 0) is 31.2 Å². The van der Waals surface area contributed by atoms with E-state index in [2.05, 4.69) is 6.92 Å². The van der Waals surface area contributed by atoms with Crippen molar-refractivity contribution in [3.63, 3.8) is 0 Å². The summed E-state index contributed by atoms with van der Waals surface area (Å²) in [7, 11) is -2.82. The smallest absolute Gasteiger partial charge is 0.148 e. The molecule has 1 aliphatic rings. The van der Waals surface area contributed by atoms with Crippen molar-refractivity contribution in [2.45, 2.75) is 44.3 Å². The van der Waals surface area contributed by atoms with Crippen LogP contribution >= 0.6 is 11.8 Å². The molecule has 0 aromatic rings. The van der Waals surface area contributed by atoms with E-state index in [-0.39, 0.29) is 0 Å². The zero-order chi connectivity index (χ0) is 13.6. The molecular formula is C13H27NO2S2. The first-order valence-corrected chi connectivity index (χ1v) is 10.1. The van der Waals surface area contributed by atoms with Crippen LogP contribution in [-0.2, 0) is 9.84 Å². The molecule has 0 aromatic heterocycles. The number of nitrogens with two attached hydrogens (primary N) is 1. The Bertz CT molecular complexity index is 330. The molecule has 3 atom stereocenters. The van der Waals surface area contributed by atoms with E-state index in [1.165, 1.54) is 38.4 Å². The summed E-state index contributed by atoms with van der Waals surface area (Å²) < 4.78 is 22.3. The van der Waals surface area contributed by atoms with Gasteiger partial charge in [0.2, 0.25) is 0 Å². The Labute approximate surface area is 116 Å². The van der Waals surface area contributed by atoms with Gasteiger partial charge in [0.25, 0.3) is 0 Å². The van der Waals surface area contributed by atoms with Crippen LogP contribution in [0.3, 0.4) is 0 Å². The van der Waals surface area contributed by atoms with E-state index in [9.17, 15) is 8.42 Å². The second-order valence-corrected chi connectivity index (χ2v) is 9.11. The van der Waals surface area contributed by atoms with Crippen molar-refractivity contribution in [2.24, 2.45) is 17.6 Å². The predicted molar refractivity (Wildman–Crippen MR) is 80.8 cm³/mol. The minimum atomic E-state index is -2.82. The molecule has 3 nitrogen and oxygen atoms in total. The largest absolute Gasteiger partial charge is 0.330 e. The van der Waals surface area contributed by atoms with E-state index >= 15 is 0 Å². The average Bonchev–Trinajstić information content (AvgIpc) is 2.28. The molecule has 0 aromatic carbocycles. The van der Waals surface area contributed by atoms with Gasteiger partial charge in [-0.15, -0.1) is 0 Å². The Balaban J connectivity index is 2.42. The molecule has 1 rings (SSSR count). The van der Waals surface area contributed by atoms with Crippen LogP contribution in [-0.4, -0.2) is 38.0 Å². The van der Waals surface area contributed by atoms with Crippen LogP contribution in [0.15, 0.2) is 0 Å². The lowest BCUT2D eigenvalue weighted by atomic mass is 9.80. The Hall–Kier alpha value is 0.260. The summed E-state index contributed by atoms with van der Waals surface area (Å²) in [5.41, 5.74) is 5.84. The van der Waals surface area contributed by atoms with Gasteiger partial charge >= 0.3 is 0 Å². The van der Waals surface area contributed by atoms with Crippen molar-refractivity contribution in [1.82, 2.24) is 0 Å². The van der Waals surface area contributed by atoms with Gasteiger partial charge in [-0.2, -0.15) is 11.8 Å². The molecule has 1 saturated carbocycles. The monoisotopic (exact) mass is 293 g/mol. The van der Waals surface area contributed by atoms with Gasteiger partial charge in [-0.3, -0.25) is 0 Å². The Kier molecular flexibility index (Phi) is 7.03. The van der Waals surface area contributed by atoms with E-state index in [1.807, 2.05) is 11.8 Å². The number of hydrogen-bond acceptors (Lipinski definition) is 4. The van der Waals surface area contributed by atoms with Crippen LogP contribution in [0, 0.1) is 11.8 Å². The highest BCUT2D eigenvalue weighted by molar-refractivity contribution is 8.01. The normalized spacial score (nSPS) is 29.4. The zero-order valence-electron chi connectivity index (χ0n) is 11.6. The van der Waals surface area contributed by atoms with Gasteiger partial charge in [-0.25, -0.2) is 8.42 Å². The summed E-state index contributed by atoms with van der Waals surface area (Å²) in [5, 5.41) is 0.571. The summed E-state index contributed by atoms with van der Waals surface area (Å²) in [6.45, 7) is 2.98. The second kappa shape index (κ2) is 7.75. The fourth-order valence-electron chi connectivity index (χ4n) is 2.77. The molecule has 5 heteroatoms. The maximum atomic E-state index is 11.2. The first kappa shape index (κ1) is 16.3. The van der Waals surface area contributed by atoms with Crippen LogP contribution < -0.4 is 5.73 Å². The Morgan fingerprint density at radius 1 is 1.33 bits per heavy atom. The van der Waals surface area contributed by atoms with Gasteiger partial charge in [0, 0.05) is 17.3 Å². The number of thioether (sulfide) groups is 1. The fraction of sp³-hybridized carbons (Fsp3) is 1.00. The predicted octanol–water partition coefficient (Wildman–Crippen LogP) is 2.31. The number of sulfone groups is 1. The van der Waals surface area contributed by atoms with Gasteiger partial charge in [0.15, 0.2) is 0 Å². The maximum absolute atomic E-state index is 11.2. The first-order chi connectivity index (χ1) is 8.46. The third-order valence-corrected chi connectivity index (χ3v) is 6.47. The highest BCUT2D eigenvalue weighted by Crippen LogP contribution is 2.38. The topological polar surface area (TPSA) is 60.2 Å². The van der Waals surface area contributed by atoms with Crippen LogP contribution in [0.5, 0.6) is 0 Å². The third-order valence-electron chi connectivity index (χ3n) is 3.82. The first-order valence-electron chi connectivity index (χ1n) is 6.95. The molecule has 0 amide bonds. The zero-order valence-corrected chi connectivity index (χ0v) is 13.2. The van der Waals surface area contributed by atoms with Crippen molar-refractivity contribution in [2.75, 3.05) is 24.3 Å².